The van der Waals surface area contributed by atoms with Gasteiger partial charge in [-0.1, -0.05) is 89.5 Å². The zero-order valence-corrected chi connectivity index (χ0v) is 18.1. The summed E-state index contributed by atoms with van der Waals surface area (Å²) in [6.45, 7) is 7.07. The van der Waals surface area contributed by atoms with Crippen LogP contribution in [0, 0.1) is 0 Å². The van der Waals surface area contributed by atoms with E-state index in [4.69, 9.17) is 5.73 Å². The van der Waals surface area contributed by atoms with Crippen molar-refractivity contribution >= 4 is 27.5 Å². The summed E-state index contributed by atoms with van der Waals surface area (Å²) in [7, 11) is 0. The van der Waals surface area contributed by atoms with Gasteiger partial charge in [-0.25, -0.2) is 0 Å². The van der Waals surface area contributed by atoms with Gasteiger partial charge in [0.1, 0.15) is 0 Å². The summed E-state index contributed by atoms with van der Waals surface area (Å²) < 4.78 is 2.63. The van der Waals surface area contributed by atoms with E-state index in [1.54, 1.807) is 0 Å². The molecule has 3 aromatic rings. The summed E-state index contributed by atoms with van der Waals surface area (Å²) >= 11 is 0. The third kappa shape index (κ3) is 4.37. The molecule has 2 N–H and O–H groups in total. The quantitative estimate of drug-likeness (QED) is 0.266. The smallest absolute Gasteiger partial charge is 0.0517 e. The number of hydrogen-bond acceptors (Lipinski definition) is 1. The van der Waals surface area contributed by atoms with Crippen molar-refractivity contribution in [2.45, 2.75) is 90.5 Å². The minimum absolute atomic E-state index is 0.136. The van der Waals surface area contributed by atoms with Crippen molar-refractivity contribution in [1.29, 1.82) is 0 Å². The average molecular weight is 379 g/mol. The Bertz CT molecular complexity index is 878. The number of benzene rings is 2. The van der Waals surface area contributed by atoms with Crippen LogP contribution in [0.1, 0.15) is 85.0 Å². The van der Waals surface area contributed by atoms with E-state index in [-0.39, 0.29) is 5.54 Å². The van der Waals surface area contributed by atoms with Crippen LogP contribution >= 0.6 is 0 Å². The van der Waals surface area contributed by atoms with E-state index in [1.807, 2.05) is 6.07 Å². The SMILES string of the molecule is CCCCCCC(C)(CCCCCC)n1c2ccccc2c2ccc(N)cc21. The summed E-state index contributed by atoms with van der Waals surface area (Å²) in [4.78, 5) is 0. The van der Waals surface area contributed by atoms with Crippen LogP contribution in [0.25, 0.3) is 21.8 Å². The van der Waals surface area contributed by atoms with Crippen LogP contribution in [0.2, 0.25) is 0 Å². The molecule has 3 rings (SSSR count). The normalized spacial score (nSPS) is 12.2. The molecule has 1 heterocycles. The third-order valence-corrected chi connectivity index (χ3v) is 6.38. The maximum atomic E-state index is 6.22. The van der Waals surface area contributed by atoms with Crippen molar-refractivity contribution < 1.29 is 0 Å². The molecule has 0 bridgehead atoms. The fourth-order valence-corrected chi connectivity index (χ4v) is 4.78. The Kier molecular flexibility index (Phi) is 7.04. The van der Waals surface area contributed by atoms with Gasteiger partial charge in [-0.15, -0.1) is 0 Å². The number of nitrogen functional groups attached to an aromatic ring is 1. The molecule has 2 heteroatoms. The number of unbranched alkanes of at least 4 members (excludes halogenated alkanes) is 6. The fraction of sp³-hybridized carbons (Fsp3) is 0.538. The lowest BCUT2D eigenvalue weighted by Gasteiger charge is -2.34. The van der Waals surface area contributed by atoms with Gasteiger partial charge in [-0.2, -0.15) is 0 Å². The Balaban J connectivity index is 2.06. The van der Waals surface area contributed by atoms with Gasteiger partial charge in [0.05, 0.1) is 5.52 Å². The average Bonchev–Trinajstić information content (AvgIpc) is 3.03. The highest BCUT2D eigenvalue weighted by molar-refractivity contribution is 6.09. The Labute approximate surface area is 171 Å². The minimum Gasteiger partial charge on any atom is -0.399 e. The molecule has 152 valence electrons. The van der Waals surface area contributed by atoms with Crippen molar-refractivity contribution in [3.8, 4) is 0 Å². The van der Waals surface area contributed by atoms with E-state index >= 15 is 0 Å². The predicted molar refractivity (Wildman–Crippen MR) is 125 cm³/mol. The van der Waals surface area contributed by atoms with Crippen LogP contribution in [0.15, 0.2) is 42.5 Å². The first-order valence-corrected chi connectivity index (χ1v) is 11.4. The molecule has 28 heavy (non-hydrogen) atoms. The number of rotatable bonds is 11. The number of hydrogen-bond donors (Lipinski definition) is 1. The first-order chi connectivity index (χ1) is 13.6. The summed E-state index contributed by atoms with van der Waals surface area (Å²) in [5.74, 6) is 0. The third-order valence-electron chi connectivity index (χ3n) is 6.38. The molecule has 0 aliphatic rings. The number of nitrogens with zero attached hydrogens (tertiary/aromatic N) is 1. The second-order valence-electron chi connectivity index (χ2n) is 8.75. The largest absolute Gasteiger partial charge is 0.399 e. The Morgan fingerprint density at radius 3 is 2.00 bits per heavy atom. The molecule has 0 aliphatic heterocycles. The maximum absolute atomic E-state index is 6.22. The second-order valence-corrected chi connectivity index (χ2v) is 8.75. The van der Waals surface area contributed by atoms with Gasteiger partial charge in [0.2, 0.25) is 0 Å². The molecule has 0 fully saturated rings. The van der Waals surface area contributed by atoms with E-state index in [1.165, 1.54) is 86.0 Å². The summed E-state index contributed by atoms with van der Waals surface area (Å²) in [6.07, 6.45) is 13.0. The molecule has 0 saturated heterocycles. The van der Waals surface area contributed by atoms with Crippen LogP contribution in [0.3, 0.4) is 0 Å². The summed E-state index contributed by atoms with van der Waals surface area (Å²) in [6, 6.07) is 15.3. The molecule has 0 unspecified atom stereocenters. The number of fused-ring (bicyclic) bond motifs is 3. The lowest BCUT2D eigenvalue weighted by atomic mass is 9.87. The van der Waals surface area contributed by atoms with Gasteiger partial charge >= 0.3 is 0 Å². The molecule has 2 nitrogen and oxygen atoms in total. The van der Waals surface area contributed by atoms with Gasteiger partial charge in [0.25, 0.3) is 0 Å². The first kappa shape index (κ1) is 20.8. The molecular formula is C26H38N2. The molecule has 0 radical (unpaired) electrons. The molecule has 0 aliphatic carbocycles. The van der Waals surface area contributed by atoms with E-state index in [0.29, 0.717) is 0 Å². The number of aromatic nitrogens is 1. The molecule has 0 atom stereocenters. The highest BCUT2D eigenvalue weighted by atomic mass is 15.1. The minimum atomic E-state index is 0.136. The topological polar surface area (TPSA) is 30.9 Å². The lowest BCUT2D eigenvalue weighted by Crippen LogP contribution is -2.30. The van der Waals surface area contributed by atoms with Crippen molar-refractivity contribution in [2.75, 3.05) is 5.73 Å². The summed E-state index contributed by atoms with van der Waals surface area (Å²) in [5.41, 5.74) is 9.88. The van der Waals surface area contributed by atoms with Crippen molar-refractivity contribution in [3.63, 3.8) is 0 Å². The molecule has 1 aromatic heterocycles. The Morgan fingerprint density at radius 2 is 1.36 bits per heavy atom. The Morgan fingerprint density at radius 1 is 0.750 bits per heavy atom. The van der Waals surface area contributed by atoms with Crippen molar-refractivity contribution in [3.05, 3.63) is 42.5 Å². The zero-order valence-electron chi connectivity index (χ0n) is 18.1. The van der Waals surface area contributed by atoms with E-state index in [9.17, 15) is 0 Å². The predicted octanol–water partition coefficient (Wildman–Crippen LogP) is 8.03. The Hall–Kier alpha value is -1.96. The van der Waals surface area contributed by atoms with E-state index in [0.717, 1.165) is 5.69 Å². The monoisotopic (exact) mass is 378 g/mol. The standard InChI is InChI=1S/C26H38N2/c1-4-6-8-12-18-26(3,19-13-9-7-5-2)28-24-15-11-10-14-22(24)23-17-16-21(27)20-25(23)28/h10-11,14-17,20H,4-9,12-13,18-19,27H2,1-3H3. The number of para-hydroxylation sites is 1. The van der Waals surface area contributed by atoms with Crippen LogP contribution in [0.5, 0.6) is 0 Å². The van der Waals surface area contributed by atoms with E-state index in [2.05, 4.69) is 61.7 Å². The lowest BCUT2D eigenvalue weighted by molar-refractivity contribution is 0.266. The molecule has 0 saturated carbocycles. The number of anilines is 1. The van der Waals surface area contributed by atoms with Gasteiger partial charge in [0, 0.05) is 27.5 Å². The van der Waals surface area contributed by atoms with Crippen molar-refractivity contribution in [2.24, 2.45) is 0 Å². The van der Waals surface area contributed by atoms with Crippen LogP contribution in [0.4, 0.5) is 5.69 Å². The highest BCUT2D eigenvalue weighted by Gasteiger charge is 2.29. The van der Waals surface area contributed by atoms with Gasteiger partial charge in [-0.3, -0.25) is 0 Å². The zero-order chi connectivity index (χ0) is 20.0. The number of nitrogens with two attached hydrogens (primary N) is 1. The highest BCUT2D eigenvalue weighted by Crippen LogP contribution is 2.40. The first-order valence-electron chi connectivity index (χ1n) is 11.4. The van der Waals surface area contributed by atoms with Crippen LogP contribution < -0.4 is 5.73 Å². The molecule has 2 aromatic carbocycles. The maximum Gasteiger partial charge on any atom is 0.0517 e. The molecule has 0 spiro atoms. The van der Waals surface area contributed by atoms with E-state index < -0.39 is 0 Å². The summed E-state index contributed by atoms with van der Waals surface area (Å²) in [5, 5.41) is 2.68. The molecule has 0 amide bonds. The van der Waals surface area contributed by atoms with Gasteiger partial charge in [-0.05, 0) is 38.0 Å². The fourth-order valence-electron chi connectivity index (χ4n) is 4.78. The second kappa shape index (κ2) is 9.49. The molecular weight excluding hydrogens is 340 g/mol. The van der Waals surface area contributed by atoms with Gasteiger partial charge < -0.3 is 10.3 Å². The van der Waals surface area contributed by atoms with Crippen LogP contribution in [-0.2, 0) is 5.54 Å². The van der Waals surface area contributed by atoms with Gasteiger partial charge in [0.15, 0.2) is 0 Å². The van der Waals surface area contributed by atoms with Crippen LogP contribution in [-0.4, -0.2) is 4.57 Å². The van der Waals surface area contributed by atoms with Crippen molar-refractivity contribution in [1.82, 2.24) is 4.57 Å².